The van der Waals surface area contributed by atoms with Crippen molar-refractivity contribution in [3.8, 4) is 0 Å². The number of hydrogen-bond acceptors (Lipinski definition) is 1. The number of alkyl halides is 3. The third kappa shape index (κ3) is 4.24. The average Bonchev–Trinajstić information content (AvgIpc) is 1.35. The second kappa shape index (κ2) is 1.80. The minimum Gasteiger partial charge on any atom is -0.182 e. The highest BCUT2D eigenvalue weighted by Gasteiger charge is 2.19. The lowest BCUT2D eigenvalue weighted by Crippen LogP contribution is -2.03. The predicted octanol–water partition coefficient (Wildman–Crippen LogP) is 1.69. The van der Waals surface area contributed by atoms with Crippen LogP contribution in [-0.2, 0) is 0 Å². The third-order valence-corrected chi connectivity index (χ3v) is 0.579. The van der Waals surface area contributed by atoms with Crippen LogP contribution in [0.15, 0.2) is 0 Å². The lowest BCUT2D eigenvalue weighted by molar-refractivity contribution is 0.184. The summed E-state index contributed by atoms with van der Waals surface area (Å²) in [5.74, 6) is 0. The van der Waals surface area contributed by atoms with Crippen molar-refractivity contribution in [1.82, 2.24) is 0 Å². The van der Waals surface area contributed by atoms with Crippen molar-refractivity contribution in [1.29, 1.82) is 0 Å². The average molecular weight is 130 g/mol. The maximum Gasteiger partial charge on any atom is 0.359 e. The Kier molecular flexibility index (Phi) is 1.87. The van der Waals surface area contributed by atoms with E-state index >= 15 is 0 Å². The second-order valence-electron chi connectivity index (χ2n) is 0.600. The SMILES string of the molecule is FC(F)(Cl)[C]=S. The molecule has 0 aromatic rings. The summed E-state index contributed by atoms with van der Waals surface area (Å²) in [6, 6.07) is 0. The van der Waals surface area contributed by atoms with E-state index in [0.29, 0.717) is 0 Å². The van der Waals surface area contributed by atoms with Gasteiger partial charge < -0.3 is 0 Å². The first-order chi connectivity index (χ1) is 2.56. The molecule has 0 nitrogen and oxygen atoms in total. The zero-order chi connectivity index (χ0) is 5.21. The second-order valence-corrected chi connectivity index (χ2v) is 1.28. The molecule has 0 aliphatic heterocycles. The molecule has 0 spiro atoms. The summed E-state index contributed by atoms with van der Waals surface area (Å²) < 4.78 is 22.0. The Morgan fingerprint density at radius 2 is 1.83 bits per heavy atom. The predicted molar refractivity (Wildman–Crippen MR) is 23.4 cm³/mol. The first-order valence-electron chi connectivity index (χ1n) is 1.02. The molecule has 4 heteroatoms. The van der Waals surface area contributed by atoms with Gasteiger partial charge in [-0.2, -0.15) is 8.78 Å². The Morgan fingerprint density at radius 1 is 1.67 bits per heavy atom. The van der Waals surface area contributed by atoms with Crippen molar-refractivity contribution in [2.45, 2.75) is 5.38 Å². The maximum absolute atomic E-state index is 11.0. The van der Waals surface area contributed by atoms with Gasteiger partial charge in [-0.1, -0.05) is 12.2 Å². The van der Waals surface area contributed by atoms with Gasteiger partial charge in [-0.25, -0.2) is 0 Å². The molecule has 1 radical (unpaired) electrons. The van der Waals surface area contributed by atoms with E-state index in [-0.39, 0.29) is 0 Å². The Bertz CT molecular complexity index is 57.1. The van der Waals surface area contributed by atoms with Crippen LogP contribution in [0.5, 0.6) is 0 Å². The van der Waals surface area contributed by atoms with Crippen LogP contribution in [0.25, 0.3) is 0 Å². The van der Waals surface area contributed by atoms with Crippen LogP contribution in [-0.4, -0.2) is 10.7 Å². The Morgan fingerprint density at radius 3 is 1.83 bits per heavy atom. The standard InChI is InChI=1S/C2ClF2S/c3-2(4,5)1-6. The molecule has 0 aliphatic carbocycles. The molecule has 6 heavy (non-hydrogen) atoms. The summed E-state index contributed by atoms with van der Waals surface area (Å²) >= 11 is 7.83. The topological polar surface area (TPSA) is 0 Å². The third-order valence-electron chi connectivity index (χ3n) is 0.116. The van der Waals surface area contributed by atoms with Gasteiger partial charge in [0.05, 0.1) is 0 Å². The van der Waals surface area contributed by atoms with Gasteiger partial charge in [-0.05, 0) is 11.6 Å². The molecule has 0 amide bonds. The van der Waals surface area contributed by atoms with Gasteiger partial charge in [-0.15, -0.1) is 0 Å². The minimum absolute atomic E-state index is 1.12. The molecule has 0 fully saturated rings. The number of halogens is 3. The van der Waals surface area contributed by atoms with Crippen molar-refractivity contribution in [3.05, 3.63) is 0 Å². The summed E-state index contributed by atoms with van der Waals surface area (Å²) in [6.07, 6.45) is 0. The van der Waals surface area contributed by atoms with Gasteiger partial charge >= 0.3 is 5.38 Å². The molecule has 0 aromatic heterocycles. The zero-order valence-electron chi connectivity index (χ0n) is 2.54. The van der Waals surface area contributed by atoms with Gasteiger partial charge in [0.1, 0.15) is 5.37 Å². The molecule has 0 aromatic carbocycles. The highest BCUT2D eigenvalue weighted by molar-refractivity contribution is 7.79. The molecule has 0 atom stereocenters. The molecule has 0 saturated heterocycles. The highest BCUT2D eigenvalue weighted by atomic mass is 35.5. The van der Waals surface area contributed by atoms with E-state index in [4.69, 9.17) is 0 Å². The van der Waals surface area contributed by atoms with Crippen LogP contribution in [0.3, 0.4) is 0 Å². The van der Waals surface area contributed by atoms with Crippen molar-refractivity contribution < 1.29 is 8.78 Å². The monoisotopic (exact) mass is 129 g/mol. The molecular formula is C2ClF2S. The smallest absolute Gasteiger partial charge is 0.182 e. The van der Waals surface area contributed by atoms with E-state index in [1.807, 2.05) is 0 Å². The van der Waals surface area contributed by atoms with Crippen LogP contribution in [0.2, 0.25) is 0 Å². The van der Waals surface area contributed by atoms with E-state index in [0.717, 1.165) is 5.37 Å². The van der Waals surface area contributed by atoms with Crippen LogP contribution >= 0.6 is 23.8 Å². The van der Waals surface area contributed by atoms with Crippen LogP contribution in [0.1, 0.15) is 0 Å². The largest absolute Gasteiger partial charge is 0.359 e. The molecule has 0 aliphatic rings. The Hall–Kier alpha value is 0.240. The van der Waals surface area contributed by atoms with E-state index in [1.54, 1.807) is 0 Å². The lowest BCUT2D eigenvalue weighted by Gasteiger charge is -1.91. The molecule has 0 rings (SSSR count). The van der Waals surface area contributed by atoms with Crippen LogP contribution < -0.4 is 0 Å². The highest BCUT2D eigenvalue weighted by Crippen LogP contribution is 2.14. The Balaban J connectivity index is 3.45. The molecular weight excluding hydrogens is 130 g/mol. The fraction of sp³-hybridized carbons (Fsp3) is 0.500. The van der Waals surface area contributed by atoms with E-state index < -0.39 is 5.38 Å². The first-order valence-corrected chi connectivity index (χ1v) is 1.81. The van der Waals surface area contributed by atoms with Gasteiger partial charge in [0.15, 0.2) is 0 Å². The van der Waals surface area contributed by atoms with Gasteiger partial charge in [0.25, 0.3) is 0 Å². The zero-order valence-corrected chi connectivity index (χ0v) is 4.11. The van der Waals surface area contributed by atoms with E-state index in [2.05, 4.69) is 23.8 Å². The molecule has 0 heterocycles. The van der Waals surface area contributed by atoms with Crippen molar-refractivity contribution >= 4 is 29.2 Å². The molecule has 0 N–H and O–H groups in total. The van der Waals surface area contributed by atoms with Gasteiger partial charge in [-0.3, -0.25) is 0 Å². The maximum atomic E-state index is 11.0. The van der Waals surface area contributed by atoms with Gasteiger partial charge in [0, 0.05) is 0 Å². The quantitative estimate of drug-likeness (QED) is 0.384. The normalized spacial score (nSPS) is 11.2. The van der Waals surface area contributed by atoms with Crippen molar-refractivity contribution in [3.63, 3.8) is 0 Å². The molecule has 0 saturated carbocycles. The number of rotatable bonds is 1. The Labute approximate surface area is 44.1 Å². The van der Waals surface area contributed by atoms with E-state index in [9.17, 15) is 8.78 Å². The van der Waals surface area contributed by atoms with Crippen LogP contribution in [0, 0.1) is 0 Å². The lowest BCUT2D eigenvalue weighted by atomic mass is 10.8. The molecule has 35 valence electrons. The summed E-state index contributed by atoms with van der Waals surface area (Å²) in [5.41, 5.74) is 0. The van der Waals surface area contributed by atoms with Crippen LogP contribution in [0.4, 0.5) is 8.78 Å². The first kappa shape index (κ1) is 6.24. The molecule has 0 unspecified atom stereocenters. The number of thiocarbonyl (C=S) groups is 1. The fourth-order valence-corrected chi connectivity index (χ4v) is 0. The fourth-order valence-electron chi connectivity index (χ4n) is 0. The summed E-state index contributed by atoms with van der Waals surface area (Å²) in [4.78, 5) is 0. The van der Waals surface area contributed by atoms with E-state index in [1.165, 1.54) is 0 Å². The van der Waals surface area contributed by atoms with Gasteiger partial charge in [0.2, 0.25) is 0 Å². The summed E-state index contributed by atoms with van der Waals surface area (Å²) in [6.45, 7) is 0. The molecule has 0 bridgehead atoms. The number of hydrogen-bond donors (Lipinski definition) is 0. The van der Waals surface area contributed by atoms with Crippen molar-refractivity contribution in [2.75, 3.05) is 0 Å². The van der Waals surface area contributed by atoms with Crippen molar-refractivity contribution in [2.24, 2.45) is 0 Å². The summed E-state index contributed by atoms with van der Waals surface area (Å²) in [7, 11) is 0. The minimum atomic E-state index is -3.42. The summed E-state index contributed by atoms with van der Waals surface area (Å²) in [5, 5.41) is -2.30.